The largest absolute Gasteiger partial charge is 0.478 e. The topological polar surface area (TPSA) is 69.4 Å². The van der Waals surface area contributed by atoms with Gasteiger partial charge in [0.05, 0.1) is 13.6 Å². The van der Waals surface area contributed by atoms with E-state index in [0.717, 1.165) is 3.79 Å². The summed E-state index contributed by atoms with van der Waals surface area (Å²) in [5, 5.41) is 10.9. The van der Waals surface area contributed by atoms with Gasteiger partial charge in [0.15, 0.2) is 6.61 Å². The van der Waals surface area contributed by atoms with Gasteiger partial charge in [-0.1, -0.05) is 12.1 Å². The number of hydrogen-bond acceptors (Lipinski definition) is 5. The smallest absolute Gasteiger partial charge is 0.311 e. The number of ketones is 1. The highest BCUT2D eigenvalue weighted by molar-refractivity contribution is 9.11. The van der Waals surface area contributed by atoms with Gasteiger partial charge in [0.1, 0.15) is 0 Å². The van der Waals surface area contributed by atoms with Gasteiger partial charge >= 0.3 is 5.69 Å². The Morgan fingerprint density at radius 2 is 2.15 bits per heavy atom. The van der Waals surface area contributed by atoms with E-state index in [1.807, 2.05) is 0 Å². The molecule has 0 aliphatic rings. The average Bonchev–Trinajstić information content (AvgIpc) is 2.83. The van der Waals surface area contributed by atoms with Crippen molar-refractivity contribution >= 4 is 38.7 Å². The lowest BCUT2D eigenvalue weighted by Gasteiger charge is -2.08. The second-order valence-electron chi connectivity index (χ2n) is 4.00. The van der Waals surface area contributed by atoms with Crippen LogP contribution in [-0.4, -0.2) is 17.3 Å². The number of nitro groups is 1. The summed E-state index contributed by atoms with van der Waals surface area (Å²) in [6, 6.07) is 8.10. The lowest BCUT2D eigenvalue weighted by Crippen LogP contribution is -2.11. The maximum atomic E-state index is 11.9. The molecule has 0 aliphatic carbocycles. The highest BCUT2D eigenvalue weighted by Gasteiger charge is 2.18. The van der Waals surface area contributed by atoms with E-state index in [4.69, 9.17) is 4.74 Å². The Morgan fingerprint density at radius 1 is 1.40 bits per heavy atom. The molecular formula is C13H10BrNO4S. The second-order valence-corrected chi connectivity index (χ2v) is 6.46. The van der Waals surface area contributed by atoms with Gasteiger partial charge < -0.3 is 4.74 Å². The van der Waals surface area contributed by atoms with Crippen molar-refractivity contribution in [2.24, 2.45) is 0 Å². The molecule has 1 heterocycles. The van der Waals surface area contributed by atoms with Crippen molar-refractivity contribution in [2.75, 3.05) is 6.61 Å². The van der Waals surface area contributed by atoms with Crippen molar-refractivity contribution in [3.05, 3.63) is 54.7 Å². The van der Waals surface area contributed by atoms with Crippen LogP contribution in [0.2, 0.25) is 0 Å². The molecule has 0 unspecified atom stereocenters. The van der Waals surface area contributed by atoms with Crippen molar-refractivity contribution in [3.8, 4) is 5.75 Å². The Bertz CT molecular complexity index is 668. The first kappa shape index (κ1) is 14.7. The summed E-state index contributed by atoms with van der Waals surface area (Å²) >= 11 is 4.57. The number of ether oxygens (including phenoxy) is 1. The van der Waals surface area contributed by atoms with Crippen LogP contribution in [0.5, 0.6) is 5.75 Å². The number of benzene rings is 1. The number of halogens is 1. The minimum atomic E-state index is -0.519. The third-order valence-corrected chi connectivity index (χ3v) is 4.25. The van der Waals surface area contributed by atoms with Crippen molar-refractivity contribution in [3.63, 3.8) is 0 Å². The molecule has 0 saturated carbocycles. The summed E-state index contributed by atoms with van der Waals surface area (Å²) < 4.78 is 6.20. The van der Waals surface area contributed by atoms with Gasteiger partial charge in [0.25, 0.3) is 0 Å². The Morgan fingerprint density at radius 3 is 2.75 bits per heavy atom. The molecule has 2 rings (SSSR count). The van der Waals surface area contributed by atoms with Gasteiger partial charge in [-0.05, 0) is 40.5 Å². The monoisotopic (exact) mass is 355 g/mol. The molecular weight excluding hydrogens is 346 g/mol. The fraction of sp³-hybridized carbons (Fsp3) is 0.154. The molecule has 1 aromatic heterocycles. The zero-order valence-electron chi connectivity index (χ0n) is 10.5. The van der Waals surface area contributed by atoms with E-state index in [9.17, 15) is 14.9 Å². The molecule has 0 saturated heterocycles. The SMILES string of the molecule is Cc1cccc([N+](=O)[O-])c1OCC(=O)c1ccc(Br)s1. The molecule has 0 fully saturated rings. The van der Waals surface area contributed by atoms with Crippen molar-refractivity contribution in [2.45, 2.75) is 6.92 Å². The van der Waals surface area contributed by atoms with Gasteiger partial charge in [-0.3, -0.25) is 14.9 Å². The maximum Gasteiger partial charge on any atom is 0.311 e. The fourth-order valence-corrected chi connectivity index (χ4v) is 2.95. The van der Waals surface area contributed by atoms with Crippen LogP contribution in [-0.2, 0) is 0 Å². The van der Waals surface area contributed by atoms with E-state index in [1.165, 1.54) is 17.4 Å². The molecule has 0 N–H and O–H groups in total. The molecule has 104 valence electrons. The van der Waals surface area contributed by atoms with E-state index >= 15 is 0 Å². The van der Waals surface area contributed by atoms with Gasteiger partial charge in [0.2, 0.25) is 11.5 Å². The molecule has 1 aromatic carbocycles. The van der Waals surface area contributed by atoms with Crippen LogP contribution in [0.4, 0.5) is 5.69 Å². The van der Waals surface area contributed by atoms with E-state index < -0.39 is 4.92 Å². The quantitative estimate of drug-likeness (QED) is 0.461. The number of hydrogen-bond donors (Lipinski definition) is 0. The van der Waals surface area contributed by atoms with Gasteiger partial charge in [-0.2, -0.15) is 0 Å². The zero-order valence-corrected chi connectivity index (χ0v) is 12.9. The Labute approximate surface area is 127 Å². The van der Waals surface area contributed by atoms with Crippen LogP contribution >= 0.6 is 27.3 Å². The van der Waals surface area contributed by atoms with Crippen LogP contribution in [0.3, 0.4) is 0 Å². The van der Waals surface area contributed by atoms with Crippen molar-refractivity contribution in [1.82, 2.24) is 0 Å². The second kappa shape index (κ2) is 6.15. The van der Waals surface area contributed by atoms with Gasteiger partial charge in [0, 0.05) is 6.07 Å². The number of carbonyl (C=O) groups excluding carboxylic acids is 1. The maximum absolute atomic E-state index is 11.9. The van der Waals surface area contributed by atoms with Crippen LogP contribution in [0.1, 0.15) is 15.2 Å². The number of thiophene rings is 1. The summed E-state index contributed by atoms with van der Waals surface area (Å²) in [5.74, 6) is -0.0697. The predicted molar refractivity (Wildman–Crippen MR) is 79.7 cm³/mol. The third-order valence-electron chi connectivity index (χ3n) is 2.58. The first-order valence-electron chi connectivity index (χ1n) is 5.64. The van der Waals surface area contributed by atoms with Crippen LogP contribution in [0, 0.1) is 17.0 Å². The number of nitro benzene ring substituents is 1. The van der Waals surface area contributed by atoms with Gasteiger partial charge in [-0.15, -0.1) is 11.3 Å². The molecule has 0 spiro atoms. The highest BCUT2D eigenvalue weighted by Crippen LogP contribution is 2.30. The molecule has 0 aliphatic heterocycles. The number of aryl methyl sites for hydroxylation is 1. The average molecular weight is 356 g/mol. The predicted octanol–water partition coefficient (Wildman–Crippen LogP) is 3.99. The summed E-state index contributed by atoms with van der Waals surface area (Å²) in [6.07, 6.45) is 0. The molecule has 2 aromatic rings. The van der Waals surface area contributed by atoms with E-state index in [1.54, 1.807) is 31.2 Å². The third kappa shape index (κ3) is 3.23. The minimum absolute atomic E-state index is 0.134. The normalized spacial score (nSPS) is 10.3. The molecule has 0 atom stereocenters. The molecule has 5 nitrogen and oxygen atoms in total. The van der Waals surface area contributed by atoms with Crippen LogP contribution in [0.25, 0.3) is 0 Å². The first-order valence-corrected chi connectivity index (χ1v) is 7.25. The number of Topliss-reactive ketones (excluding diaryl/α,β-unsaturated/α-hetero) is 1. The summed E-state index contributed by atoms with van der Waals surface area (Å²) in [7, 11) is 0. The van der Waals surface area contributed by atoms with Crippen LogP contribution < -0.4 is 4.74 Å². The molecule has 0 amide bonds. The van der Waals surface area contributed by atoms with E-state index in [-0.39, 0.29) is 23.8 Å². The zero-order chi connectivity index (χ0) is 14.7. The molecule has 0 radical (unpaired) electrons. The lowest BCUT2D eigenvalue weighted by atomic mass is 10.2. The minimum Gasteiger partial charge on any atom is -0.478 e. The summed E-state index contributed by atoms with van der Waals surface area (Å²) in [6.45, 7) is 1.48. The van der Waals surface area contributed by atoms with Gasteiger partial charge in [-0.25, -0.2) is 0 Å². The summed E-state index contributed by atoms with van der Waals surface area (Å²) in [5.41, 5.74) is 0.490. The number of para-hydroxylation sites is 1. The number of nitrogens with zero attached hydrogens (tertiary/aromatic N) is 1. The Balaban J connectivity index is 2.15. The first-order chi connectivity index (χ1) is 9.49. The molecule has 7 heteroatoms. The Kier molecular flexibility index (Phi) is 4.51. The summed E-state index contributed by atoms with van der Waals surface area (Å²) in [4.78, 5) is 22.9. The standard InChI is InChI=1S/C13H10BrNO4S/c1-8-3-2-4-9(15(17)18)13(8)19-7-10(16)11-5-6-12(14)20-11/h2-6H,7H2,1H3. The molecule has 20 heavy (non-hydrogen) atoms. The van der Waals surface area contributed by atoms with Crippen molar-refractivity contribution < 1.29 is 14.5 Å². The van der Waals surface area contributed by atoms with E-state index in [2.05, 4.69) is 15.9 Å². The van der Waals surface area contributed by atoms with E-state index in [0.29, 0.717) is 10.4 Å². The van der Waals surface area contributed by atoms with Crippen LogP contribution in [0.15, 0.2) is 34.1 Å². The lowest BCUT2D eigenvalue weighted by molar-refractivity contribution is -0.385. The molecule has 0 bridgehead atoms. The number of carbonyl (C=O) groups is 1. The highest BCUT2D eigenvalue weighted by atomic mass is 79.9. The van der Waals surface area contributed by atoms with Crippen molar-refractivity contribution in [1.29, 1.82) is 0 Å². The fourth-order valence-electron chi connectivity index (χ4n) is 1.64. The Hall–Kier alpha value is -1.73. The number of rotatable bonds is 5.